The summed E-state index contributed by atoms with van der Waals surface area (Å²) in [5.74, 6) is 0.722. The summed E-state index contributed by atoms with van der Waals surface area (Å²) in [5.41, 5.74) is 0. The van der Waals surface area contributed by atoms with Crippen molar-refractivity contribution in [3.8, 4) is 0 Å². The first-order valence-electron chi connectivity index (χ1n) is 4.39. The molecule has 1 nitrogen and oxygen atoms in total. The largest absolute Gasteiger partial charge is 0.324 e. The molecule has 0 aromatic carbocycles. The lowest BCUT2D eigenvalue weighted by atomic mass is 9.47. The Balaban J connectivity index is 3.40. The molecule has 0 aromatic rings. The van der Waals surface area contributed by atoms with Crippen LogP contribution in [0.4, 0.5) is 0 Å². The van der Waals surface area contributed by atoms with Gasteiger partial charge in [0, 0.05) is 0 Å². The SMILES string of the molecule is CCCCC(NC)B(C)C. The monoisotopic (exact) mass is 141 g/mol. The van der Waals surface area contributed by atoms with Gasteiger partial charge in [-0.1, -0.05) is 33.4 Å². The van der Waals surface area contributed by atoms with Crippen LogP contribution in [0, 0.1) is 0 Å². The molecule has 0 aliphatic heterocycles. The smallest absolute Gasteiger partial charge is 0.154 e. The summed E-state index contributed by atoms with van der Waals surface area (Å²) < 4.78 is 0. The third-order valence-corrected chi connectivity index (χ3v) is 2.04. The summed E-state index contributed by atoms with van der Waals surface area (Å²) in [6.45, 7) is 7.57. The minimum atomic E-state index is 0.722. The molecule has 0 rings (SSSR count). The quantitative estimate of drug-likeness (QED) is 0.578. The fraction of sp³-hybridized carbons (Fsp3) is 1.00. The van der Waals surface area contributed by atoms with Crippen LogP contribution in [0.5, 0.6) is 0 Å². The van der Waals surface area contributed by atoms with Crippen LogP contribution in [0.3, 0.4) is 0 Å². The van der Waals surface area contributed by atoms with E-state index in [0.717, 1.165) is 12.7 Å². The van der Waals surface area contributed by atoms with Gasteiger partial charge >= 0.3 is 0 Å². The Kier molecular flexibility index (Phi) is 5.80. The summed E-state index contributed by atoms with van der Waals surface area (Å²) in [6.07, 6.45) is 3.99. The normalized spacial score (nSPS) is 13.2. The first-order chi connectivity index (χ1) is 4.72. The average Bonchev–Trinajstić information content (AvgIpc) is 1.89. The zero-order valence-corrected chi connectivity index (χ0v) is 7.78. The van der Waals surface area contributed by atoms with Gasteiger partial charge in [0.05, 0.1) is 0 Å². The van der Waals surface area contributed by atoms with Crippen LogP contribution in [0.15, 0.2) is 0 Å². The fourth-order valence-corrected chi connectivity index (χ4v) is 1.24. The van der Waals surface area contributed by atoms with Crippen molar-refractivity contribution in [1.82, 2.24) is 5.32 Å². The van der Waals surface area contributed by atoms with E-state index in [0.29, 0.717) is 0 Å². The van der Waals surface area contributed by atoms with Gasteiger partial charge in [-0.25, -0.2) is 0 Å². The summed E-state index contributed by atoms with van der Waals surface area (Å²) in [6, 6.07) is 0. The predicted octanol–water partition coefficient (Wildman–Crippen LogP) is 2.06. The maximum atomic E-state index is 3.34. The number of rotatable bonds is 5. The Labute approximate surface area is 65.7 Å². The molecular formula is C8H20BN. The summed E-state index contributed by atoms with van der Waals surface area (Å²) in [5, 5.41) is 3.34. The van der Waals surface area contributed by atoms with Crippen LogP contribution in [-0.4, -0.2) is 19.7 Å². The van der Waals surface area contributed by atoms with Crippen LogP contribution < -0.4 is 5.32 Å². The van der Waals surface area contributed by atoms with Crippen LogP contribution in [0.1, 0.15) is 26.2 Å². The molecule has 0 spiro atoms. The van der Waals surface area contributed by atoms with E-state index in [1.807, 2.05) is 0 Å². The number of unbranched alkanes of at least 4 members (excludes halogenated alkanes) is 1. The standard InChI is InChI=1S/C8H20BN/c1-5-6-7-8(10-4)9(2)3/h8,10H,5-7H2,1-4H3. The molecule has 0 saturated heterocycles. The second-order valence-electron chi connectivity index (χ2n) is 3.28. The van der Waals surface area contributed by atoms with E-state index < -0.39 is 0 Å². The van der Waals surface area contributed by atoms with Crippen LogP contribution in [0.2, 0.25) is 13.6 Å². The third-order valence-electron chi connectivity index (χ3n) is 2.04. The van der Waals surface area contributed by atoms with Gasteiger partial charge in [0.15, 0.2) is 6.71 Å². The van der Waals surface area contributed by atoms with E-state index in [2.05, 4.69) is 32.9 Å². The van der Waals surface area contributed by atoms with Gasteiger partial charge in [-0.05, 0) is 19.4 Å². The molecule has 1 atom stereocenters. The second kappa shape index (κ2) is 5.78. The fourth-order valence-electron chi connectivity index (χ4n) is 1.24. The molecule has 0 bridgehead atoms. The van der Waals surface area contributed by atoms with E-state index in [-0.39, 0.29) is 0 Å². The first-order valence-corrected chi connectivity index (χ1v) is 4.39. The van der Waals surface area contributed by atoms with Crippen molar-refractivity contribution < 1.29 is 0 Å². The van der Waals surface area contributed by atoms with Gasteiger partial charge < -0.3 is 5.32 Å². The number of nitrogens with one attached hydrogen (secondary N) is 1. The van der Waals surface area contributed by atoms with Crippen LogP contribution >= 0.6 is 0 Å². The summed E-state index contributed by atoms with van der Waals surface area (Å²) in [7, 11) is 2.06. The minimum Gasteiger partial charge on any atom is -0.324 e. The van der Waals surface area contributed by atoms with Gasteiger partial charge in [-0.15, -0.1) is 0 Å². The lowest BCUT2D eigenvalue weighted by molar-refractivity contribution is 0.611. The molecule has 10 heavy (non-hydrogen) atoms. The molecule has 0 aliphatic carbocycles. The number of hydrogen-bond donors (Lipinski definition) is 1. The van der Waals surface area contributed by atoms with Gasteiger partial charge in [0.1, 0.15) is 0 Å². The Hall–Kier alpha value is 0.0249. The Morgan fingerprint density at radius 2 is 2.00 bits per heavy atom. The van der Waals surface area contributed by atoms with E-state index in [1.165, 1.54) is 19.3 Å². The van der Waals surface area contributed by atoms with Crippen molar-refractivity contribution >= 4 is 6.71 Å². The van der Waals surface area contributed by atoms with Crippen molar-refractivity contribution in [3.63, 3.8) is 0 Å². The highest BCUT2D eigenvalue weighted by atomic mass is 14.8. The lowest BCUT2D eigenvalue weighted by Crippen LogP contribution is -2.36. The van der Waals surface area contributed by atoms with Gasteiger partial charge in [0.2, 0.25) is 0 Å². The molecule has 0 saturated carbocycles. The molecule has 0 fully saturated rings. The van der Waals surface area contributed by atoms with E-state index >= 15 is 0 Å². The molecular weight excluding hydrogens is 121 g/mol. The van der Waals surface area contributed by atoms with Crippen molar-refractivity contribution in [3.05, 3.63) is 0 Å². The highest BCUT2D eigenvalue weighted by molar-refractivity contribution is 6.57. The summed E-state index contributed by atoms with van der Waals surface area (Å²) >= 11 is 0. The van der Waals surface area contributed by atoms with E-state index in [4.69, 9.17) is 0 Å². The molecule has 0 amide bonds. The maximum Gasteiger partial charge on any atom is 0.154 e. The van der Waals surface area contributed by atoms with Crippen molar-refractivity contribution in [2.24, 2.45) is 0 Å². The Morgan fingerprint density at radius 3 is 2.30 bits per heavy atom. The van der Waals surface area contributed by atoms with Gasteiger partial charge in [-0.2, -0.15) is 0 Å². The van der Waals surface area contributed by atoms with Crippen molar-refractivity contribution in [2.45, 2.75) is 45.8 Å². The molecule has 0 aromatic heterocycles. The van der Waals surface area contributed by atoms with E-state index in [1.54, 1.807) is 0 Å². The second-order valence-corrected chi connectivity index (χ2v) is 3.28. The van der Waals surface area contributed by atoms with Gasteiger partial charge in [-0.3, -0.25) is 0 Å². The first kappa shape index (κ1) is 10.0. The molecule has 60 valence electrons. The topological polar surface area (TPSA) is 12.0 Å². The molecule has 0 aliphatic rings. The predicted molar refractivity (Wildman–Crippen MR) is 49.9 cm³/mol. The highest BCUT2D eigenvalue weighted by Crippen LogP contribution is 2.02. The van der Waals surface area contributed by atoms with Gasteiger partial charge in [0.25, 0.3) is 0 Å². The molecule has 2 heteroatoms. The van der Waals surface area contributed by atoms with Crippen molar-refractivity contribution in [1.29, 1.82) is 0 Å². The summed E-state index contributed by atoms with van der Waals surface area (Å²) in [4.78, 5) is 0. The van der Waals surface area contributed by atoms with Crippen LogP contribution in [0.25, 0.3) is 0 Å². The van der Waals surface area contributed by atoms with Crippen molar-refractivity contribution in [2.75, 3.05) is 7.05 Å². The Morgan fingerprint density at radius 1 is 1.40 bits per heavy atom. The minimum absolute atomic E-state index is 0.722. The molecule has 0 radical (unpaired) electrons. The number of hydrogen-bond acceptors (Lipinski definition) is 1. The maximum absolute atomic E-state index is 3.34. The highest BCUT2D eigenvalue weighted by Gasteiger charge is 2.11. The zero-order chi connectivity index (χ0) is 7.98. The third kappa shape index (κ3) is 3.94. The molecule has 0 heterocycles. The Bertz CT molecular complexity index is 73.7. The molecule has 1 unspecified atom stereocenters. The average molecular weight is 141 g/mol. The lowest BCUT2D eigenvalue weighted by Gasteiger charge is -2.17. The zero-order valence-electron chi connectivity index (χ0n) is 7.78. The van der Waals surface area contributed by atoms with Crippen LogP contribution in [-0.2, 0) is 0 Å². The molecule has 1 N–H and O–H groups in total. The van der Waals surface area contributed by atoms with E-state index in [9.17, 15) is 0 Å².